The van der Waals surface area contributed by atoms with Crippen LogP contribution in [0.1, 0.15) is 60.0 Å². The molecule has 0 aliphatic rings. The van der Waals surface area contributed by atoms with Gasteiger partial charge >= 0.3 is 12.1 Å². The predicted molar refractivity (Wildman–Crippen MR) is 136 cm³/mol. The molecule has 202 valence electrons. The Bertz CT molecular complexity index is 1170. The molecule has 0 saturated heterocycles. The smallest absolute Gasteiger partial charge is 0.416 e. The molecule has 0 bridgehead atoms. The summed E-state index contributed by atoms with van der Waals surface area (Å²) < 4.78 is 43.8. The van der Waals surface area contributed by atoms with Gasteiger partial charge in [-0.25, -0.2) is 9.97 Å². The van der Waals surface area contributed by atoms with Crippen molar-refractivity contribution in [3.05, 3.63) is 77.6 Å². The van der Waals surface area contributed by atoms with Gasteiger partial charge in [0.15, 0.2) is 5.82 Å². The number of alkyl halides is 3. The summed E-state index contributed by atoms with van der Waals surface area (Å²) in [6, 6.07) is 11.5. The van der Waals surface area contributed by atoms with Crippen LogP contribution < -0.4 is 10.1 Å². The van der Waals surface area contributed by atoms with Crippen LogP contribution in [0.4, 0.5) is 13.2 Å². The lowest BCUT2D eigenvalue weighted by atomic mass is 10.1. The number of aromatic nitrogens is 2. The normalized spacial score (nSPS) is 11.2. The van der Waals surface area contributed by atoms with Gasteiger partial charge in [-0.05, 0) is 61.2 Å². The van der Waals surface area contributed by atoms with Gasteiger partial charge in [-0.2, -0.15) is 13.2 Å². The summed E-state index contributed by atoms with van der Waals surface area (Å²) in [5.74, 6) is -0.210. The number of ether oxygens (including phenoxy) is 1. The summed E-state index contributed by atoms with van der Waals surface area (Å²) in [4.78, 5) is 31.0. The Kier molecular flexibility index (Phi) is 10.6. The fraction of sp³-hybridized carbons (Fsp3) is 0.357. The minimum Gasteiger partial charge on any atom is -0.494 e. The Hall–Kier alpha value is -3.95. The Morgan fingerprint density at radius 3 is 2.13 bits per heavy atom. The molecule has 3 aromatic rings. The predicted octanol–water partition coefficient (Wildman–Crippen LogP) is 5.94. The number of carboxylic acid groups (broad SMARTS) is 1. The molecule has 0 saturated carbocycles. The van der Waals surface area contributed by atoms with Crippen LogP contribution in [0.25, 0.3) is 11.4 Å². The Labute approximate surface area is 219 Å². The van der Waals surface area contributed by atoms with Crippen molar-refractivity contribution < 1.29 is 32.6 Å². The minimum atomic E-state index is -4.36. The van der Waals surface area contributed by atoms with Crippen LogP contribution in [0, 0.1) is 0 Å². The number of nitrogens with one attached hydrogen (secondary N) is 1. The molecule has 2 aromatic carbocycles. The second-order valence-corrected chi connectivity index (χ2v) is 8.78. The zero-order valence-electron chi connectivity index (χ0n) is 20.8. The molecular formula is C28H30F3N3O4. The van der Waals surface area contributed by atoms with Crippen molar-refractivity contribution in [2.45, 2.75) is 51.1 Å². The van der Waals surface area contributed by atoms with Crippen LogP contribution in [-0.4, -0.2) is 40.1 Å². The van der Waals surface area contributed by atoms with Crippen LogP contribution in [0.3, 0.4) is 0 Å². The quantitative estimate of drug-likeness (QED) is 0.251. The molecular weight excluding hydrogens is 499 g/mol. The summed E-state index contributed by atoms with van der Waals surface area (Å²) in [5.41, 5.74) is 1.28. The maximum Gasteiger partial charge on any atom is 0.416 e. The maximum absolute atomic E-state index is 12.7. The van der Waals surface area contributed by atoms with E-state index in [0.29, 0.717) is 29.3 Å². The van der Waals surface area contributed by atoms with E-state index < -0.39 is 17.7 Å². The molecule has 0 atom stereocenters. The SMILES string of the molecule is O=C(O)CCNC(=O)c1ccc(OCCCCCCCc2cnc(-c3ccc(C(F)(F)F)cc3)nc2)cc1. The Morgan fingerprint density at radius 1 is 0.868 bits per heavy atom. The first-order chi connectivity index (χ1) is 18.2. The molecule has 0 aliphatic heterocycles. The van der Waals surface area contributed by atoms with Gasteiger partial charge in [0, 0.05) is 30.1 Å². The van der Waals surface area contributed by atoms with Gasteiger partial charge in [0.1, 0.15) is 5.75 Å². The third-order valence-electron chi connectivity index (χ3n) is 5.80. The van der Waals surface area contributed by atoms with E-state index in [1.807, 2.05) is 0 Å². The van der Waals surface area contributed by atoms with Crippen LogP contribution in [0.2, 0.25) is 0 Å². The van der Waals surface area contributed by atoms with E-state index in [1.165, 1.54) is 12.1 Å². The molecule has 38 heavy (non-hydrogen) atoms. The van der Waals surface area contributed by atoms with Gasteiger partial charge in [0.25, 0.3) is 5.91 Å². The fourth-order valence-electron chi connectivity index (χ4n) is 3.68. The maximum atomic E-state index is 12.7. The van der Waals surface area contributed by atoms with Crippen molar-refractivity contribution in [3.63, 3.8) is 0 Å². The van der Waals surface area contributed by atoms with Crippen molar-refractivity contribution in [2.24, 2.45) is 0 Å². The highest BCUT2D eigenvalue weighted by molar-refractivity contribution is 5.94. The summed E-state index contributed by atoms with van der Waals surface area (Å²) in [6.07, 6.45) is 4.81. The number of nitrogens with zero attached hydrogens (tertiary/aromatic N) is 2. The highest BCUT2D eigenvalue weighted by Crippen LogP contribution is 2.30. The Balaban J connectivity index is 1.27. The minimum absolute atomic E-state index is 0.0817. The molecule has 0 fully saturated rings. The number of carbonyl (C=O) groups excluding carboxylic acids is 1. The molecule has 7 nitrogen and oxygen atoms in total. The number of unbranched alkanes of at least 4 members (excludes halogenated alkanes) is 4. The van der Waals surface area contributed by atoms with Crippen LogP contribution >= 0.6 is 0 Å². The molecule has 1 heterocycles. The average molecular weight is 530 g/mol. The number of carboxylic acids is 1. The van der Waals surface area contributed by atoms with E-state index in [2.05, 4.69) is 15.3 Å². The molecule has 10 heteroatoms. The topological polar surface area (TPSA) is 101 Å². The average Bonchev–Trinajstić information content (AvgIpc) is 2.90. The molecule has 1 aromatic heterocycles. The van der Waals surface area contributed by atoms with E-state index in [9.17, 15) is 22.8 Å². The molecule has 1 amide bonds. The van der Waals surface area contributed by atoms with Gasteiger partial charge in [0.2, 0.25) is 0 Å². The van der Waals surface area contributed by atoms with Crippen LogP contribution in [-0.2, 0) is 17.4 Å². The highest BCUT2D eigenvalue weighted by atomic mass is 19.4. The van der Waals surface area contributed by atoms with Crippen molar-refractivity contribution >= 4 is 11.9 Å². The molecule has 0 unspecified atom stereocenters. The number of aliphatic carboxylic acids is 1. The van der Waals surface area contributed by atoms with E-state index in [4.69, 9.17) is 9.84 Å². The largest absolute Gasteiger partial charge is 0.494 e. The van der Waals surface area contributed by atoms with Gasteiger partial charge in [-0.1, -0.05) is 31.4 Å². The first-order valence-electron chi connectivity index (χ1n) is 12.4. The van der Waals surface area contributed by atoms with Crippen molar-refractivity contribution in [2.75, 3.05) is 13.2 Å². The number of carbonyl (C=O) groups is 2. The van der Waals surface area contributed by atoms with Crippen molar-refractivity contribution in [1.82, 2.24) is 15.3 Å². The number of halogens is 3. The van der Waals surface area contributed by atoms with Crippen molar-refractivity contribution in [1.29, 1.82) is 0 Å². The van der Waals surface area contributed by atoms with Gasteiger partial charge in [-0.15, -0.1) is 0 Å². The number of rotatable bonds is 14. The molecule has 0 spiro atoms. The third-order valence-corrected chi connectivity index (χ3v) is 5.80. The lowest BCUT2D eigenvalue weighted by molar-refractivity contribution is -0.138. The summed E-state index contributed by atoms with van der Waals surface area (Å²) >= 11 is 0. The highest BCUT2D eigenvalue weighted by Gasteiger charge is 2.30. The number of amides is 1. The monoisotopic (exact) mass is 529 g/mol. The number of aryl methyl sites for hydroxylation is 1. The summed E-state index contributed by atoms with van der Waals surface area (Å²) in [7, 11) is 0. The lowest BCUT2D eigenvalue weighted by Gasteiger charge is -2.08. The zero-order chi connectivity index (χ0) is 27.4. The number of benzene rings is 2. The summed E-state index contributed by atoms with van der Waals surface area (Å²) in [6.45, 7) is 0.655. The van der Waals surface area contributed by atoms with Gasteiger partial charge in [-0.3, -0.25) is 9.59 Å². The third kappa shape index (κ3) is 9.49. The van der Waals surface area contributed by atoms with Crippen LogP contribution in [0.5, 0.6) is 5.75 Å². The van der Waals surface area contributed by atoms with Gasteiger partial charge in [0.05, 0.1) is 18.6 Å². The van der Waals surface area contributed by atoms with Crippen LogP contribution in [0.15, 0.2) is 60.9 Å². The van der Waals surface area contributed by atoms with E-state index in [-0.39, 0.29) is 18.9 Å². The number of hydrogen-bond donors (Lipinski definition) is 2. The van der Waals surface area contributed by atoms with E-state index >= 15 is 0 Å². The standard InChI is InChI=1S/C28H30F3N3O4/c29-28(30,31)23-11-7-21(8-12-23)26-33-18-20(19-34-26)6-4-2-1-3-5-17-38-24-13-9-22(10-14-24)27(37)32-16-15-25(35)36/h7-14,18-19H,1-6,15-17H2,(H,32,37)(H,35,36). The first kappa shape index (κ1) is 28.6. The van der Waals surface area contributed by atoms with Crippen molar-refractivity contribution in [3.8, 4) is 17.1 Å². The number of hydrogen-bond acceptors (Lipinski definition) is 5. The molecule has 0 aliphatic carbocycles. The van der Waals surface area contributed by atoms with Gasteiger partial charge < -0.3 is 15.2 Å². The zero-order valence-corrected chi connectivity index (χ0v) is 20.8. The second kappa shape index (κ2) is 14.1. The lowest BCUT2D eigenvalue weighted by Crippen LogP contribution is -2.25. The molecule has 0 radical (unpaired) electrons. The molecule has 2 N–H and O–H groups in total. The first-order valence-corrected chi connectivity index (χ1v) is 12.4. The van der Waals surface area contributed by atoms with E-state index in [0.717, 1.165) is 56.2 Å². The summed E-state index contributed by atoms with van der Waals surface area (Å²) in [5, 5.41) is 11.2. The van der Waals surface area contributed by atoms with E-state index in [1.54, 1.807) is 36.7 Å². The fourth-order valence-corrected chi connectivity index (χ4v) is 3.68. The second-order valence-electron chi connectivity index (χ2n) is 8.78. The Morgan fingerprint density at radius 2 is 1.50 bits per heavy atom. The molecule has 3 rings (SSSR count).